The summed E-state index contributed by atoms with van der Waals surface area (Å²) < 4.78 is 0. The van der Waals surface area contributed by atoms with E-state index in [0.29, 0.717) is 22.3 Å². The smallest absolute Gasteiger partial charge is 0.127 e. The predicted octanol–water partition coefficient (Wildman–Crippen LogP) is 5.51. The lowest BCUT2D eigenvalue weighted by atomic mass is 9.87. The van der Waals surface area contributed by atoms with Crippen molar-refractivity contribution in [2.75, 3.05) is 0 Å². The Hall–Kier alpha value is -3.92. The summed E-state index contributed by atoms with van der Waals surface area (Å²) >= 11 is 0. The van der Waals surface area contributed by atoms with Crippen molar-refractivity contribution < 1.29 is 20.4 Å². The van der Waals surface area contributed by atoms with Crippen LogP contribution in [-0.2, 0) is 0 Å². The Bertz CT molecular complexity index is 1040. The van der Waals surface area contributed by atoms with Crippen LogP contribution in [0.15, 0.2) is 84.9 Å². The molecule has 0 atom stereocenters. The summed E-state index contributed by atoms with van der Waals surface area (Å²) in [5, 5.41) is 41.6. The number of hydrogen-bond donors (Lipinski definition) is 4. The van der Waals surface area contributed by atoms with E-state index < -0.39 is 0 Å². The van der Waals surface area contributed by atoms with Gasteiger partial charge in [0.25, 0.3) is 0 Å². The highest BCUT2D eigenvalue weighted by Crippen LogP contribution is 2.49. The zero-order valence-corrected chi connectivity index (χ0v) is 14.9. The average molecular weight is 370 g/mol. The Labute approximate surface area is 162 Å². The highest BCUT2D eigenvalue weighted by molar-refractivity contribution is 5.98. The first-order valence-electron chi connectivity index (χ1n) is 8.78. The van der Waals surface area contributed by atoms with Gasteiger partial charge in [-0.3, -0.25) is 0 Å². The van der Waals surface area contributed by atoms with Crippen LogP contribution in [0.3, 0.4) is 0 Å². The monoisotopic (exact) mass is 370 g/mol. The van der Waals surface area contributed by atoms with Gasteiger partial charge in [-0.25, -0.2) is 0 Å². The molecule has 0 aliphatic heterocycles. The topological polar surface area (TPSA) is 80.9 Å². The Morgan fingerprint density at radius 1 is 0.429 bits per heavy atom. The molecular formula is C24H18O4. The van der Waals surface area contributed by atoms with E-state index in [0.717, 1.165) is 11.1 Å². The fraction of sp³-hybridized carbons (Fsp3) is 0. The van der Waals surface area contributed by atoms with Crippen molar-refractivity contribution in [1.82, 2.24) is 0 Å². The molecule has 4 nitrogen and oxygen atoms in total. The minimum Gasteiger partial charge on any atom is -0.508 e. The highest BCUT2D eigenvalue weighted by Gasteiger charge is 2.22. The van der Waals surface area contributed by atoms with Gasteiger partial charge in [-0.1, -0.05) is 60.7 Å². The van der Waals surface area contributed by atoms with Crippen LogP contribution in [0, 0.1) is 0 Å². The maximum atomic E-state index is 10.7. The molecule has 0 bridgehead atoms. The maximum absolute atomic E-state index is 10.7. The van der Waals surface area contributed by atoms with Crippen LogP contribution in [-0.4, -0.2) is 20.4 Å². The van der Waals surface area contributed by atoms with E-state index in [1.165, 1.54) is 12.1 Å². The van der Waals surface area contributed by atoms with E-state index in [1.54, 1.807) is 12.1 Å². The molecule has 0 fully saturated rings. The van der Waals surface area contributed by atoms with Crippen LogP contribution in [0.4, 0.5) is 0 Å². The molecule has 0 radical (unpaired) electrons. The Balaban J connectivity index is 2.09. The first kappa shape index (κ1) is 17.5. The molecule has 0 aromatic heterocycles. The molecule has 4 heteroatoms. The lowest BCUT2D eigenvalue weighted by Gasteiger charge is -2.18. The predicted molar refractivity (Wildman–Crippen MR) is 109 cm³/mol. The molecule has 0 aliphatic carbocycles. The number of aromatic hydroxyl groups is 4. The first-order chi connectivity index (χ1) is 13.5. The zero-order valence-electron chi connectivity index (χ0n) is 14.9. The maximum Gasteiger partial charge on any atom is 0.127 e. The lowest BCUT2D eigenvalue weighted by Crippen LogP contribution is -1.91. The number of rotatable bonds is 3. The van der Waals surface area contributed by atoms with Crippen molar-refractivity contribution in [2.45, 2.75) is 0 Å². The second kappa shape index (κ2) is 7.00. The summed E-state index contributed by atoms with van der Waals surface area (Å²) in [5.41, 5.74) is 3.43. The molecule has 0 aliphatic rings. The van der Waals surface area contributed by atoms with Gasteiger partial charge in [0.2, 0.25) is 0 Å². The van der Waals surface area contributed by atoms with Crippen LogP contribution < -0.4 is 0 Å². The molecule has 4 aromatic rings. The normalized spacial score (nSPS) is 10.7. The van der Waals surface area contributed by atoms with E-state index in [2.05, 4.69) is 0 Å². The number of hydrogen-bond acceptors (Lipinski definition) is 4. The van der Waals surface area contributed by atoms with E-state index in [4.69, 9.17) is 0 Å². The van der Waals surface area contributed by atoms with Crippen molar-refractivity contribution in [1.29, 1.82) is 0 Å². The van der Waals surface area contributed by atoms with Crippen molar-refractivity contribution in [2.24, 2.45) is 0 Å². The Kier molecular flexibility index (Phi) is 4.38. The van der Waals surface area contributed by atoms with E-state index in [-0.39, 0.29) is 23.0 Å². The number of benzene rings is 4. The highest BCUT2D eigenvalue weighted by atomic mass is 16.3. The zero-order chi connectivity index (χ0) is 19.7. The quantitative estimate of drug-likeness (QED) is 0.383. The van der Waals surface area contributed by atoms with E-state index in [9.17, 15) is 20.4 Å². The molecule has 0 spiro atoms. The van der Waals surface area contributed by atoms with Crippen LogP contribution >= 0.6 is 0 Å². The molecule has 0 heterocycles. The van der Waals surface area contributed by atoms with Crippen LogP contribution in [0.5, 0.6) is 23.0 Å². The largest absolute Gasteiger partial charge is 0.508 e. The minimum absolute atomic E-state index is 0.0837. The van der Waals surface area contributed by atoms with Gasteiger partial charge in [0, 0.05) is 23.3 Å². The van der Waals surface area contributed by atoms with Crippen molar-refractivity contribution in [3.05, 3.63) is 84.9 Å². The molecule has 28 heavy (non-hydrogen) atoms. The summed E-state index contributed by atoms with van der Waals surface area (Å²) in [6.45, 7) is 0. The van der Waals surface area contributed by atoms with Gasteiger partial charge in [-0.2, -0.15) is 0 Å². The minimum atomic E-state index is -0.169. The van der Waals surface area contributed by atoms with Gasteiger partial charge in [0.05, 0.1) is 0 Å². The van der Waals surface area contributed by atoms with Gasteiger partial charge >= 0.3 is 0 Å². The Morgan fingerprint density at radius 3 is 1.14 bits per heavy atom. The first-order valence-corrected chi connectivity index (χ1v) is 8.78. The number of phenolic OH excluding ortho intramolecular Hbond substituents is 4. The molecule has 0 saturated carbocycles. The fourth-order valence-electron chi connectivity index (χ4n) is 3.44. The summed E-state index contributed by atoms with van der Waals surface area (Å²) in [4.78, 5) is 0. The van der Waals surface area contributed by atoms with Crippen molar-refractivity contribution >= 4 is 0 Å². The van der Waals surface area contributed by atoms with E-state index in [1.807, 2.05) is 60.7 Å². The third-order valence-corrected chi connectivity index (χ3v) is 4.62. The summed E-state index contributed by atoms with van der Waals surface area (Å²) in [6.07, 6.45) is 0. The third kappa shape index (κ3) is 3.12. The Morgan fingerprint density at radius 2 is 0.786 bits per heavy atom. The molecule has 4 rings (SSSR count). The summed E-state index contributed by atoms with van der Waals surface area (Å²) in [5.74, 6) is -0.506. The van der Waals surface area contributed by atoms with Crippen LogP contribution in [0.1, 0.15) is 0 Å². The van der Waals surface area contributed by atoms with Crippen LogP contribution in [0.25, 0.3) is 33.4 Å². The summed E-state index contributed by atoms with van der Waals surface area (Å²) in [7, 11) is 0. The number of phenols is 4. The van der Waals surface area contributed by atoms with Gasteiger partial charge in [0.15, 0.2) is 0 Å². The molecule has 0 saturated heterocycles. The van der Waals surface area contributed by atoms with Gasteiger partial charge in [-0.15, -0.1) is 0 Å². The van der Waals surface area contributed by atoms with Crippen molar-refractivity contribution in [3.8, 4) is 56.4 Å². The standard InChI is InChI=1S/C24H18O4/c25-17-11-19(15-7-3-1-4-8-15)23(21(27)13-17)24-20(12-18(26)14-22(24)28)16-9-5-2-6-10-16/h1-14,25-28H. The molecule has 138 valence electrons. The second-order valence-electron chi connectivity index (χ2n) is 6.51. The van der Waals surface area contributed by atoms with Gasteiger partial charge in [0.1, 0.15) is 23.0 Å². The van der Waals surface area contributed by atoms with Gasteiger partial charge < -0.3 is 20.4 Å². The average Bonchev–Trinajstić information content (AvgIpc) is 2.69. The molecule has 4 aromatic carbocycles. The van der Waals surface area contributed by atoms with E-state index >= 15 is 0 Å². The molecule has 0 amide bonds. The van der Waals surface area contributed by atoms with Crippen molar-refractivity contribution in [3.63, 3.8) is 0 Å². The van der Waals surface area contributed by atoms with Crippen LogP contribution in [0.2, 0.25) is 0 Å². The second-order valence-corrected chi connectivity index (χ2v) is 6.51. The molecular weight excluding hydrogens is 352 g/mol. The lowest BCUT2D eigenvalue weighted by molar-refractivity contribution is 0.446. The fourth-order valence-corrected chi connectivity index (χ4v) is 3.44. The molecule has 0 unspecified atom stereocenters. The SMILES string of the molecule is Oc1cc(O)c(-c2c(O)cc(O)cc2-c2ccccc2)c(-c2ccccc2)c1. The molecule has 4 N–H and O–H groups in total. The van der Waals surface area contributed by atoms with Gasteiger partial charge in [-0.05, 0) is 34.4 Å². The third-order valence-electron chi connectivity index (χ3n) is 4.62. The summed E-state index contributed by atoms with van der Waals surface area (Å²) in [6, 6.07) is 24.2.